The maximum absolute atomic E-state index is 5.21. The summed E-state index contributed by atoms with van der Waals surface area (Å²) in [4.78, 5) is 0. The maximum atomic E-state index is 5.21. The first-order chi connectivity index (χ1) is 6.34. The van der Waals surface area contributed by atoms with Crippen molar-refractivity contribution in [2.24, 2.45) is 5.92 Å². The molecule has 0 spiro atoms. The van der Waals surface area contributed by atoms with Crippen LogP contribution in [0.5, 0.6) is 0 Å². The van der Waals surface area contributed by atoms with Crippen LogP contribution in [0, 0.1) is 10.7 Å². The highest BCUT2D eigenvalue weighted by molar-refractivity contribution is 7.71. The first kappa shape index (κ1) is 7.74. The largest absolute Gasteiger partial charge is 0.301 e. The fourth-order valence-corrected chi connectivity index (χ4v) is 2.07. The third kappa shape index (κ3) is 1.43. The lowest BCUT2D eigenvalue weighted by atomic mass is 10.3. The Morgan fingerprint density at radius 3 is 2.77 bits per heavy atom. The summed E-state index contributed by atoms with van der Waals surface area (Å²) in [5, 5.41) is 7.21. The second kappa shape index (κ2) is 2.67. The fourth-order valence-electron chi connectivity index (χ4n) is 1.77. The van der Waals surface area contributed by atoms with E-state index in [1.165, 1.54) is 31.5 Å². The molecule has 4 heteroatoms. The van der Waals surface area contributed by atoms with E-state index in [0.717, 1.165) is 17.1 Å². The minimum absolute atomic E-state index is 0.667. The van der Waals surface area contributed by atoms with Crippen molar-refractivity contribution in [3.05, 3.63) is 10.6 Å². The molecule has 1 aromatic heterocycles. The van der Waals surface area contributed by atoms with Crippen molar-refractivity contribution in [1.29, 1.82) is 0 Å². The van der Waals surface area contributed by atoms with Crippen LogP contribution in [0.25, 0.3) is 0 Å². The zero-order chi connectivity index (χ0) is 8.84. The summed E-state index contributed by atoms with van der Waals surface area (Å²) in [6.45, 7) is 0. The average Bonchev–Trinajstić information content (AvgIpc) is 2.95. The molecule has 70 valence electrons. The monoisotopic (exact) mass is 195 g/mol. The molecule has 0 amide bonds. The molecule has 0 aromatic carbocycles. The highest BCUT2D eigenvalue weighted by Gasteiger charge is 2.30. The molecule has 0 atom stereocenters. The van der Waals surface area contributed by atoms with E-state index in [1.54, 1.807) is 0 Å². The van der Waals surface area contributed by atoms with Crippen molar-refractivity contribution in [2.45, 2.75) is 38.1 Å². The molecular formula is C9H13N3S. The summed E-state index contributed by atoms with van der Waals surface area (Å²) in [6, 6.07) is 0.667. The Morgan fingerprint density at radius 2 is 2.15 bits per heavy atom. The van der Waals surface area contributed by atoms with Gasteiger partial charge >= 0.3 is 0 Å². The van der Waals surface area contributed by atoms with Crippen molar-refractivity contribution in [1.82, 2.24) is 14.8 Å². The Hall–Kier alpha value is -0.640. The Bertz CT molecular complexity index is 370. The van der Waals surface area contributed by atoms with Gasteiger partial charge in [0.05, 0.1) is 0 Å². The van der Waals surface area contributed by atoms with Crippen LogP contribution in [0.2, 0.25) is 0 Å². The number of aromatic amines is 1. The van der Waals surface area contributed by atoms with E-state index >= 15 is 0 Å². The zero-order valence-corrected chi connectivity index (χ0v) is 8.31. The second-order valence-electron chi connectivity index (χ2n) is 4.19. The third-order valence-corrected chi connectivity index (χ3v) is 3.15. The predicted octanol–water partition coefficient (Wildman–Crippen LogP) is 2.23. The standard InChI is InChI=1S/C9H13N3S/c13-9-11-10-8(5-6-1-2-6)12(9)7-3-4-7/h6-7H,1-5H2,(H,11,13). The lowest BCUT2D eigenvalue weighted by molar-refractivity contribution is 0.644. The molecule has 1 N–H and O–H groups in total. The van der Waals surface area contributed by atoms with Gasteiger partial charge in [-0.2, -0.15) is 5.10 Å². The molecule has 0 radical (unpaired) electrons. The minimum atomic E-state index is 0.667. The van der Waals surface area contributed by atoms with Crippen molar-refractivity contribution in [3.8, 4) is 0 Å². The molecule has 3 nitrogen and oxygen atoms in total. The second-order valence-corrected chi connectivity index (χ2v) is 4.58. The van der Waals surface area contributed by atoms with Gasteiger partial charge in [0, 0.05) is 12.5 Å². The van der Waals surface area contributed by atoms with Crippen LogP contribution in [0.1, 0.15) is 37.5 Å². The Balaban J connectivity index is 1.92. The van der Waals surface area contributed by atoms with E-state index in [9.17, 15) is 0 Å². The van der Waals surface area contributed by atoms with Crippen LogP contribution in [0.4, 0.5) is 0 Å². The number of nitrogens with zero attached hydrogens (tertiary/aromatic N) is 2. The van der Waals surface area contributed by atoms with Gasteiger partial charge in [0.2, 0.25) is 0 Å². The molecule has 3 rings (SSSR count). The van der Waals surface area contributed by atoms with Crippen molar-refractivity contribution < 1.29 is 0 Å². The molecule has 0 aliphatic heterocycles. The third-order valence-electron chi connectivity index (χ3n) is 2.86. The van der Waals surface area contributed by atoms with Gasteiger partial charge in [-0.3, -0.25) is 5.10 Å². The molecule has 0 bridgehead atoms. The SMILES string of the molecule is S=c1[nH]nc(CC2CC2)n1C1CC1. The number of aromatic nitrogens is 3. The molecule has 0 saturated heterocycles. The Morgan fingerprint density at radius 1 is 1.38 bits per heavy atom. The van der Waals surface area contributed by atoms with E-state index in [1.807, 2.05) is 0 Å². The predicted molar refractivity (Wildman–Crippen MR) is 52.1 cm³/mol. The van der Waals surface area contributed by atoms with Crippen molar-refractivity contribution >= 4 is 12.2 Å². The number of hydrogen-bond acceptors (Lipinski definition) is 2. The average molecular weight is 195 g/mol. The molecule has 1 heterocycles. The summed E-state index contributed by atoms with van der Waals surface area (Å²) in [7, 11) is 0. The molecular weight excluding hydrogens is 182 g/mol. The van der Waals surface area contributed by atoms with Crippen LogP contribution >= 0.6 is 12.2 Å². The van der Waals surface area contributed by atoms with Gasteiger partial charge in [-0.25, -0.2) is 0 Å². The van der Waals surface area contributed by atoms with Gasteiger partial charge in [0.25, 0.3) is 0 Å². The minimum Gasteiger partial charge on any atom is -0.301 e. The number of nitrogens with one attached hydrogen (secondary N) is 1. The molecule has 1 aromatic rings. The lowest BCUT2D eigenvalue weighted by Gasteiger charge is -2.02. The normalized spacial score (nSPS) is 22.2. The molecule has 2 fully saturated rings. The van der Waals surface area contributed by atoms with Gasteiger partial charge in [0.1, 0.15) is 5.82 Å². The molecule has 13 heavy (non-hydrogen) atoms. The topological polar surface area (TPSA) is 33.6 Å². The van der Waals surface area contributed by atoms with E-state index in [0.29, 0.717) is 6.04 Å². The molecule has 2 aliphatic rings. The number of H-pyrrole nitrogens is 1. The first-order valence-corrected chi connectivity index (χ1v) is 5.41. The van der Waals surface area contributed by atoms with Gasteiger partial charge in [-0.15, -0.1) is 0 Å². The lowest BCUT2D eigenvalue weighted by Crippen LogP contribution is -2.02. The quantitative estimate of drug-likeness (QED) is 0.750. The molecule has 0 unspecified atom stereocenters. The van der Waals surface area contributed by atoms with Gasteiger partial charge < -0.3 is 4.57 Å². The highest BCUT2D eigenvalue weighted by Crippen LogP contribution is 2.38. The van der Waals surface area contributed by atoms with Gasteiger partial charge in [0.15, 0.2) is 4.77 Å². The van der Waals surface area contributed by atoms with Crippen molar-refractivity contribution in [2.75, 3.05) is 0 Å². The summed E-state index contributed by atoms with van der Waals surface area (Å²) in [5.41, 5.74) is 0. The van der Waals surface area contributed by atoms with Gasteiger partial charge in [-0.05, 0) is 43.8 Å². The van der Waals surface area contributed by atoms with E-state index in [-0.39, 0.29) is 0 Å². The van der Waals surface area contributed by atoms with Crippen molar-refractivity contribution in [3.63, 3.8) is 0 Å². The highest BCUT2D eigenvalue weighted by atomic mass is 32.1. The number of hydrogen-bond donors (Lipinski definition) is 1. The van der Waals surface area contributed by atoms with Crippen LogP contribution < -0.4 is 0 Å². The van der Waals surface area contributed by atoms with E-state index in [2.05, 4.69) is 14.8 Å². The zero-order valence-electron chi connectivity index (χ0n) is 7.49. The summed E-state index contributed by atoms with van der Waals surface area (Å²) in [5.74, 6) is 2.08. The van der Waals surface area contributed by atoms with E-state index < -0.39 is 0 Å². The van der Waals surface area contributed by atoms with E-state index in [4.69, 9.17) is 12.2 Å². The Kier molecular flexibility index (Phi) is 1.59. The summed E-state index contributed by atoms with van der Waals surface area (Å²) in [6.07, 6.45) is 6.45. The fraction of sp³-hybridized carbons (Fsp3) is 0.778. The molecule has 2 saturated carbocycles. The van der Waals surface area contributed by atoms with Gasteiger partial charge in [-0.1, -0.05) is 0 Å². The smallest absolute Gasteiger partial charge is 0.195 e. The van der Waals surface area contributed by atoms with Crippen LogP contribution in [0.3, 0.4) is 0 Å². The summed E-state index contributed by atoms with van der Waals surface area (Å²) >= 11 is 5.21. The van der Waals surface area contributed by atoms with Crippen LogP contribution in [0.15, 0.2) is 0 Å². The summed E-state index contributed by atoms with van der Waals surface area (Å²) < 4.78 is 3.05. The van der Waals surface area contributed by atoms with Crippen LogP contribution in [-0.4, -0.2) is 14.8 Å². The Labute approximate surface area is 82.2 Å². The maximum Gasteiger partial charge on any atom is 0.195 e. The number of rotatable bonds is 3. The molecule has 2 aliphatic carbocycles. The first-order valence-electron chi connectivity index (χ1n) is 5.00. The van der Waals surface area contributed by atoms with Crippen LogP contribution in [-0.2, 0) is 6.42 Å².